The number of hydrogen-bond acceptors (Lipinski definition) is 4. The number of carbonyl (C=O) groups is 1. The zero-order valence-corrected chi connectivity index (χ0v) is 20.9. The maximum Gasteiger partial charge on any atom is 0.176 e. The number of piperazine rings is 1. The topological polar surface area (TPSA) is 32.8 Å². The molecule has 0 saturated carbocycles. The minimum absolute atomic E-state index is 0. The summed E-state index contributed by atoms with van der Waals surface area (Å²) in [5, 5.41) is 0. The minimum Gasteiger partial charge on any atom is -0.367 e. The molecule has 0 bridgehead atoms. The molecular weight excluding hydrogens is 493 g/mol. The van der Waals surface area contributed by atoms with Gasteiger partial charge in [-0.1, -0.05) is 54.6 Å². The van der Waals surface area contributed by atoms with Gasteiger partial charge in [0, 0.05) is 38.3 Å². The van der Waals surface area contributed by atoms with Crippen molar-refractivity contribution >= 4 is 30.6 Å². The third-order valence-corrected chi connectivity index (χ3v) is 5.97. The van der Waals surface area contributed by atoms with Gasteiger partial charge in [-0.3, -0.25) is 14.6 Å². The number of hydrogen-bond donors (Lipinski definition) is 0. The summed E-state index contributed by atoms with van der Waals surface area (Å²) in [6.45, 7) is 5.07. The average molecular weight is 523 g/mol. The van der Waals surface area contributed by atoms with E-state index in [0.717, 1.165) is 49.4 Å². The number of halogens is 4. The number of nitrogens with zero attached hydrogens (tertiary/aromatic N) is 2. The summed E-state index contributed by atoms with van der Waals surface area (Å²) in [6, 6.07) is 21.8. The van der Waals surface area contributed by atoms with Crippen LogP contribution in [-0.4, -0.2) is 61.5 Å². The zero-order valence-electron chi connectivity index (χ0n) is 19.3. The number of Topliss-reactive ketones (excluding diaryl/α,β-unsaturated/α-hetero) is 1. The Balaban J connectivity index is 0.00000216. The Labute approximate surface area is 217 Å². The Hall–Kier alpha value is -2.35. The first-order chi connectivity index (χ1) is 16.1. The van der Waals surface area contributed by atoms with E-state index in [0.29, 0.717) is 13.2 Å². The number of ketones is 1. The zero-order chi connectivity index (χ0) is 23.0. The first-order valence-corrected chi connectivity index (χ1v) is 11.2. The molecule has 0 spiro atoms. The van der Waals surface area contributed by atoms with Crippen LogP contribution in [-0.2, 0) is 4.74 Å². The van der Waals surface area contributed by atoms with Gasteiger partial charge in [0.15, 0.2) is 5.78 Å². The second kappa shape index (κ2) is 14.3. The molecule has 4 rings (SSSR count). The van der Waals surface area contributed by atoms with Crippen LogP contribution in [0.15, 0.2) is 78.9 Å². The van der Waals surface area contributed by atoms with E-state index in [2.05, 4.69) is 9.80 Å². The van der Waals surface area contributed by atoms with E-state index in [1.165, 1.54) is 24.3 Å². The quantitative estimate of drug-likeness (QED) is 0.351. The molecule has 3 aromatic rings. The highest BCUT2D eigenvalue weighted by molar-refractivity contribution is 5.97. The van der Waals surface area contributed by atoms with Gasteiger partial charge >= 0.3 is 0 Å². The second-order valence-electron chi connectivity index (χ2n) is 8.26. The number of carbonyl (C=O) groups excluding carboxylic acids is 1. The van der Waals surface area contributed by atoms with Crippen molar-refractivity contribution in [3.63, 3.8) is 0 Å². The molecule has 35 heavy (non-hydrogen) atoms. The van der Waals surface area contributed by atoms with Gasteiger partial charge in [-0.25, -0.2) is 8.78 Å². The summed E-state index contributed by atoms with van der Waals surface area (Å²) < 4.78 is 33.0. The molecule has 0 atom stereocenters. The van der Waals surface area contributed by atoms with Gasteiger partial charge < -0.3 is 4.74 Å². The Morgan fingerprint density at radius 2 is 1.23 bits per heavy atom. The predicted octanol–water partition coefficient (Wildman–Crippen LogP) is 5.41. The van der Waals surface area contributed by atoms with Crippen molar-refractivity contribution in [2.45, 2.75) is 6.10 Å². The molecule has 0 aliphatic carbocycles. The maximum absolute atomic E-state index is 13.4. The standard InChI is InChI=1S/C27H28F2N2O2.2ClH/c28-24-10-6-22(7-11-24)27(23-8-12-25(29)13-9-23)33-19-18-30-14-16-31(17-15-30)20-26(32)21-4-2-1-3-5-21;;/h1-13,27H,14-20H2;2*1H. The molecule has 0 N–H and O–H groups in total. The molecule has 1 aliphatic rings. The normalized spacial score (nSPS) is 14.3. The van der Waals surface area contributed by atoms with Crippen LogP contribution in [0.1, 0.15) is 27.6 Å². The SMILES string of the molecule is Cl.Cl.O=C(CN1CCN(CCOC(c2ccc(F)cc2)c2ccc(F)cc2)CC1)c1ccccc1. The first kappa shape index (κ1) is 28.9. The van der Waals surface area contributed by atoms with Crippen molar-refractivity contribution in [2.24, 2.45) is 0 Å². The molecule has 0 aromatic heterocycles. The van der Waals surface area contributed by atoms with Crippen LogP contribution >= 0.6 is 24.8 Å². The van der Waals surface area contributed by atoms with E-state index >= 15 is 0 Å². The van der Waals surface area contributed by atoms with Gasteiger partial charge in [0.25, 0.3) is 0 Å². The lowest BCUT2D eigenvalue weighted by molar-refractivity contribution is 0.0445. The van der Waals surface area contributed by atoms with Crippen molar-refractivity contribution < 1.29 is 18.3 Å². The molecule has 3 aromatic carbocycles. The van der Waals surface area contributed by atoms with E-state index in [-0.39, 0.29) is 42.2 Å². The Kier molecular flexibility index (Phi) is 11.8. The van der Waals surface area contributed by atoms with Crippen molar-refractivity contribution in [1.82, 2.24) is 9.80 Å². The highest BCUT2D eigenvalue weighted by Gasteiger charge is 2.21. The Morgan fingerprint density at radius 3 is 1.74 bits per heavy atom. The lowest BCUT2D eigenvalue weighted by Gasteiger charge is -2.34. The molecule has 8 heteroatoms. The number of ether oxygens (including phenoxy) is 1. The fourth-order valence-electron chi connectivity index (χ4n) is 4.05. The average Bonchev–Trinajstić information content (AvgIpc) is 2.85. The third-order valence-electron chi connectivity index (χ3n) is 5.97. The monoisotopic (exact) mass is 522 g/mol. The van der Waals surface area contributed by atoms with E-state index in [4.69, 9.17) is 4.74 Å². The van der Waals surface area contributed by atoms with Crippen LogP contribution in [0.3, 0.4) is 0 Å². The Bertz CT molecular complexity index is 984. The summed E-state index contributed by atoms with van der Waals surface area (Å²) in [6.07, 6.45) is -0.393. The fraction of sp³-hybridized carbons (Fsp3) is 0.296. The van der Waals surface area contributed by atoms with Gasteiger partial charge in [-0.2, -0.15) is 0 Å². The summed E-state index contributed by atoms with van der Waals surface area (Å²) in [5.74, 6) is -0.464. The highest BCUT2D eigenvalue weighted by Crippen LogP contribution is 2.26. The molecule has 1 fully saturated rings. The molecule has 1 heterocycles. The van der Waals surface area contributed by atoms with Gasteiger partial charge in [0.1, 0.15) is 17.7 Å². The van der Waals surface area contributed by atoms with Gasteiger partial charge in [-0.15, -0.1) is 24.8 Å². The molecule has 4 nitrogen and oxygen atoms in total. The molecular formula is C27H30Cl2F2N2O2. The van der Waals surface area contributed by atoms with E-state index in [1.54, 1.807) is 24.3 Å². The summed E-state index contributed by atoms with van der Waals surface area (Å²) in [7, 11) is 0. The third kappa shape index (κ3) is 8.37. The second-order valence-corrected chi connectivity index (χ2v) is 8.26. The smallest absolute Gasteiger partial charge is 0.176 e. The minimum atomic E-state index is -0.393. The molecule has 0 radical (unpaired) electrons. The van der Waals surface area contributed by atoms with Crippen LogP contribution in [0.4, 0.5) is 8.78 Å². The molecule has 0 amide bonds. The number of rotatable bonds is 9. The molecule has 188 valence electrons. The van der Waals surface area contributed by atoms with Crippen LogP contribution in [0.25, 0.3) is 0 Å². The maximum atomic E-state index is 13.4. The molecule has 0 unspecified atom stereocenters. The van der Waals surface area contributed by atoms with Crippen molar-refractivity contribution in [1.29, 1.82) is 0 Å². The Morgan fingerprint density at radius 1 is 0.743 bits per heavy atom. The number of benzene rings is 3. The lowest BCUT2D eigenvalue weighted by atomic mass is 10.0. The van der Waals surface area contributed by atoms with Crippen LogP contribution in [0, 0.1) is 11.6 Å². The molecule has 1 aliphatic heterocycles. The highest BCUT2D eigenvalue weighted by atomic mass is 35.5. The summed E-state index contributed by atoms with van der Waals surface area (Å²) in [4.78, 5) is 16.9. The van der Waals surface area contributed by atoms with E-state index in [9.17, 15) is 13.6 Å². The summed E-state index contributed by atoms with van der Waals surface area (Å²) in [5.41, 5.74) is 2.40. The van der Waals surface area contributed by atoms with Crippen molar-refractivity contribution in [3.8, 4) is 0 Å². The van der Waals surface area contributed by atoms with E-state index < -0.39 is 6.10 Å². The van der Waals surface area contributed by atoms with Crippen molar-refractivity contribution in [3.05, 3.63) is 107 Å². The van der Waals surface area contributed by atoms with Gasteiger partial charge in [0.2, 0.25) is 0 Å². The van der Waals surface area contributed by atoms with Crippen molar-refractivity contribution in [2.75, 3.05) is 45.9 Å². The van der Waals surface area contributed by atoms with Crippen LogP contribution in [0.5, 0.6) is 0 Å². The van der Waals surface area contributed by atoms with Crippen LogP contribution < -0.4 is 0 Å². The fourth-order valence-corrected chi connectivity index (χ4v) is 4.05. The van der Waals surface area contributed by atoms with Gasteiger partial charge in [-0.05, 0) is 35.4 Å². The van der Waals surface area contributed by atoms with Gasteiger partial charge in [0.05, 0.1) is 13.2 Å². The molecule has 1 saturated heterocycles. The van der Waals surface area contributed by atoms with E-state index in [1.807, 2.05) is 30.3 Å². The lowest BCUT2D eigenvalue weighted by Crippen LogP contribution is -2.48. The summed E-state index contributed by atoms with van der Waals surface area (Å²) >= 11 is 0. The van der Waals surface area contributed by atoms with Crippen LogP contribution in [0.2, 0.25) is 0 Å². The largest absolute Gasteiger partial charge is 0.367 e. The first-order valence-electron chi connectivity index (χ1n) is 11.2. The predicted molar refractivity (Wildman–Crippen MR) is 139 cm³/mol.